The molecule has 0 aliphatic carbocycles. The molecule has 0 saturated carbocycles. The van der Waals surface area contributed by atoms with Crippen LogP contribution in [0.2, 0.25) is 0 Å². The molecule has 152 valence electrons. The van der Waals surface area contributed by atoms with Gasteiger partial charge < -0.3 is 15.1 Å². The third-order valence-corrected chi connectivity index (χ3v) is 5.39. The highest BCUT2D eigenvalue weighted by Crippen LogP contribution is 2.24. The highest BCUT2D eigenvalue weighted by atomic mass is 16.4. The molecule has 2 amide bonds. The largest absolute Gasteiger partial charge is 0.420 e. The van der Waals surface area contributed by atoms with E-state index in [9.17, 15) is 14.4 Å². The van der Waals surface area contributed by atoms with Crippen molar-refractivity contribution in [3.05, 3.63) is 34.8 Å². The van der Waals surface area contributed by atoms with Crippen LogP contribution < -0.4 is 16.4 Å². The number of benzene rings is 1. The van der Waals surface area contributed by atoms with E-state index in [0.717, 1.165) is 19.3 Å². The van der Waals surface area contributed by atoms with E-state index in [-0.39, 0.29) is 30.4 Å². The van der Waals surface area contributed by atoms with Gasteiger partial charge in [-0.15, -0.1) is 0 Å². The summed E-state index contributed by atoms with van der Waals surface area (Å²) < 4.78 is 6.49. The Kier molecular flexibility index (Phi) is 6.51. The van der Waals surface area contributed by atoms with Crippen LogP contribution in [0.15, 0.2) is 33.5 Å². The maximum absolute atomic E-state index is 12.4. The molecule has 1 aromatic heterocycles. The predicted molar refractivity (Wildman–Crippen MR) is 106 cm³/mol. The minimum Gasteiger partial charge on any atom is -0.408 e. The number of rotatable bonds is 8. The highest BCUT2D eigenvalue weighted by molar-refractivity contribution is 5.79. The minimum absolute atomic E-state index is 0.0743. The molecule has 0 bridgehead atoms. The quantitative estimate of drug-likeness (QED) is 0.706. The van der Waals surface area contributed by atoms with Gasteiger partial charge in [0, 0.05) is 31.6 Å². The summed E-state index contributed by atoms with van der Waals surface area (Å²) in [6, 6.07) is 7.42. The van der Waals surface area contributed by atoms with Crippen LogP contribution in [0.4, 0.5) is 0 Å². The van der Waals surface area contributed by atoms with Gasteiger partial charge in [-0.3, -0.25) is 19.1 Å². The lowest BCUT2D eigenvalue weighted by molar-refractivity contribution is -0.123. The molecule has 28 heavy (non-hydrogen) atoms. The molecule has 2 atom stereocenters. The van der Waals surface area contributed by atoms with E-state index in [4.69, 9.17) is 4.42 Å². The number of likely N-dealkylation sites (tertiary alicyclic amines) is 1. The second-order valence-corrected chi connectivity index (χ2v) is 7.33. The number of nitrogens with zero attached hydrogens (tertiary/aromatic N) is 2. The molecule has 0 radical (unpaired) electrons. The van der Waals surface area contributed by atoms with Crippen LogP contribution in [0.1, 0.15) is 32.6 Å². The van der Waals surface area contributed by atoms with E-state index in [1.165, 1.54) is 4.57 Å². The first-order valence-corrected chi connectivity index (χ1v) is 9.83. The molecule has 1 fully saturated rings. The number of likely N-dealkylation sites (N-methyl/N-ethyl adjacent to an activating group) is 1. The van der Waals surface area contributed by atoms with Gasteiger partial charge in [0.05, 0.1) is 5.52 Å². The van der Waals surface area contributed by atoms with Crippen LogP contribution in [0.3, 0.4) is 0 Å². The number of para-hydroxylation sites is 2. The SMILES string of the molecule is CCCNC(=O)C[C@H]1CC[C@@H](CNC(=O)Cn2c(=O)oc3ccccc32)N1C. The van der Waals surface area contributed by atoms with E-state index in [2.05, 4.69) is 15.5 Å². The monoisotopic (exact) mass is 388 g/mol. The summed E-state index contributed by atoms with van der Waals surface area (Å²) in [4.78, 5) is 38.4. The maximum atomic E-state index is 12.4. The molecule has 8 nitrogen and oxygen atoms in total. The number of fused-ring (bicyclic) bond motifs is 1. The molecule has 1 aliphatic heterocycles. The number of hydrogen-bond acceptors (Lipinski definition) is 5. The van der Waals surface area contributed by atoms with Crippen molar-refractivity contribution in [1.29, 1.82) is 0 Å². The maximum Gasteiger partial charge on any atom is 0.420 e. The first-order valence-electron chi connectivity index (χ1n) is 9.83. The molecule has 1 saturated heterocycles. The van der Waals surface area contributed by atoms with E-state index in [1.807, 2.05) is 14.0 Å². The van der Waals surface area contributed by atoms with Crippen molar-refractivity contribution in [2.24, 2.45) is 0 Å². The number of nitrogens with one attached hydrogen (secondary N) is 2. The summed E-state index contributed by atoms with van der Waals surface area (Å²) in [6.07, 6.45) is 3.27. The second-order valence-electron chi connectivity index (χ2n) is 7.33. The molecule has 1 aliphatic rings. The van der Waals surface area contributed by atoms with Gasteiger partial charge in [0.15, 0.2) is 5.58 Å². The Bertz CT molecular complexity index is 888. The highest BCUT2D eigenvalue weighted by Gasteiger charge is 2.31. The van der Waals surface area contributed by atoms with Crippen molar-refractivity contribution in [3.8, 4) is 0 Å². The molecular formula is C20H28N4O4. The zero-order valence-electron chi connectivity index (χ0n) is 16.4. The molecule has 3 rings (SSSR count). The standard InChI is InChI=1S/C20H28N4O4/c1-3-10-21-18(25)11-14-8-9-15(23(14)2)12-22-19(26)13-24-16-6-4-5-7-17(16)28-20(24)27/h4-7,14-15H,3,8-13H2,1-2H3,(H,21,25)(H,22,26)/t14-,15+/m1/s1. The van der Waals surface area contributed by atoms with Gasteiger partial charge in [-0.25, -0.2) is 4.79 Å². The van der Waals surface area contributed by atoms with Gasteiger partial charge in [0.25, 0.3) is 0 Å². The summed E-state index contributed by atoms with van der Waals surface area (Å²) in [5.41, 5.74) is 1.08. The van der Waals surface area contributed by atoms with Crippen LogP contribution in [-0.4, -0.2) is 53.5 Å². The van der Waals surface area contributed by atoms with E-state index >= 15 is 0 Å². The Hall–Kier alpha value is -2.61. The third-order valence-electron chi connectivity index (χ3n) is 5.39. The average Bonchev–Trinajstić information content (AvgIpc) is 3.18. The van der Waals surface area contributed by atoms with Crippen molar-refractivity contribution < 1.29 is 14.0 Å². The molecule has 2 aromatic rings. The van der Waals surface area contributed by atoms with Crippen molar-refractivity contribution in [2.75, 3.05) is 20.1 Å². The van der Waals surface area contributed by atoms with Crippen LogP contribution in [0.25, 0.3) is 11.1 Å². The first-order chi connectivity index (χ1) is 13.5. The summed E-state index contributed by atoms with van der Waals surface area (Å²) >= 11 is 0. The Morgan fingerprint density at radius 2 is 1.89 bits per heavy atom. The second kappa shape index (κ2) is 9.05. The van der Waals surface area contributed by atoms with Gasteiger partial charge in [-0.2, -0.15) is 0 Å². The fourth-order valence-corrected chi connectivity index (χ4v) is 3.73. The predicted octanol–water partition coefficient (Wildman–Crippen LogP) is 1.09. The van der Waals surface area contributed by atoms with Gasteiger partial charge in [0.1, 0.15) is 6.54 Å². The molecular weight excluding hydrogens is 360 g/mol. The van der Waals surface area contributed by atoms with E-state index < -0.39 is 5.76 Å². The number of amides is 2. The van der Waals surface area contributed by atoms with Crippen molar-refractivity contribution in [3.63, 3.8) is 0 Å². The fraction of sp³-hybridized carbons (Fsp3) is 0.550. The molecule has 1 aromatic carbocycles. The summed E-state index contributed by atoms with van der Waals surface area (Å²) in [5.74, 6) is -0.687. The zero-order valence-corrected chi connectivity index (χ0v) is 16.4. The number of carbonyl (C=O) groups excluding carboxylic acids is 2. The van der Waals surface area contributed by atoms with Crippen molar-refractivity contribution in [2.45, 2.75) is 51.2 Å². The van der Waals surface area contributed by atoms with Crippen LogP contribution in [0.5, 0.6) is 0 Å². The number of aromatic nitrogens is 1. The lowest BCUT2D eigenvalue weighted by Crippen LogP contribution is -2.43. The lowest BCUT2D eigenvalue weighted by Gasteiger charge is -2.25. The lowest BCUT2D eigenvalue weighted by atomic mass is 10.1. The smallest absolute Gasteiger partial charge is 0.408 e. The number of oxazole rings is 1. The molecule has 0 unspecified atom stereocenters. The molecule has 0 spiro atoms. The van der Waals surface area contributed by atoms with E-state index in [1.54, 1.807) is 24.3 Å². The summed E-state index contributed by atoms with van der Waals surface area (Å²) in [5, 5.41) is 5.82. The molecule has 8 heteroatoms. The number of carbonyl (C=O) groups is 2. The Morgan fingerprint density at radius 3 is 2.68 bits per heavy atom. The van der Waals surface area contributed by atoms with Crippen LogP contribution in [-0.2, 0) is 16.1 Å². The Morgan fingerprint density at radius 1 is 1.14 bits per heavy atom. The van der Waals surface area contributed by atoms with Crippen molar-refractivity contribution >= 4 is 22.9 Å². The summed E-state index contributed by atoms with van der Waals surface area (Å²) in [7, 11) is 2.00. The topological polar surface area (TPSA) is 96.6 Å². The van der Waals surface area contributed by atoms with Gasteiger partial charge in [-0.05, 0) is 38.4 Å². The Balaban J connectivity index is 1.50. The van der Waals surface area contributed by atoms with Crippen molar-refractivity contribution in [1.82, 2.24) is 20.1 Å². The first kappa shape index (κ1) is 20.1. The van der Waals surface area contributed by atoms with Gasteiger partial charge >= 0.3 is 5.76 Å². The minimum atomic E-state index is -0.535. The van der Waals surface area contributed by atoms with Gasteiger partial charge in [-0.1, -0.05) is 19.1 Å². The molecule has 2 heterocycles. The Labute approximate surface area is 163 Å². The summed E-state index contributed by atoms with van der Waals surface area (Å²) in [6.45, 7) is 3.15. The van der Waals surface area contributed by atoms with E-state index in [0.29, 0.717) is 30.6 Å². The third kappa shape index (κ3) is 4.62. The number of hydrogen-bond donors (Lipinski definition) is 2. The normalized spacial score (nSPS) is 19.8. The van der Waals surface area contributed by atoms with Crippen LogP contribution >= 0.6 is 0 Å². The fourth-order valence-electron chi connectivity index (χ4n) is 3.73. The molecule has 2 N–H and O–H groups in total. The van der Waals surface area contributed by atoms with Crippen LogP contribution in [0, 0.1) is 0 Å². The zero-order chi connectivity index (χ0) is 20.1. The van der Waals surface area contributed by atoms with Gasteiger partial charge in [0.2, 0.25) is 11.8 Å². The average molecular weight is 388 g/mol.